The molecule has 1 atom stereocenters. The van der Waals surface area contributed by atoms with Crippen LogP contribution in [-0.2, 0) is 22.2 Å². The Morgan fingerprint density at radius 1 is 1.05 bits per heavy atom. The highest BCUT2D eigenvalue weighted by atomic mass is 32.2. The van der Waals surface area contributed by atoms with E-state index in [2.05, 4.69) is 4.72 Å². The number of aliphatic hydroxyl groups excluding tert-OH is 1. The minimum absolute atomic E-state index is 0.0834. The van der Waals surface area contributed by atoms with E-state index in [1.54, 1.807) is 6.07 Å². The van der Waals surface area contributed by atoms with Crippen LogP contribution >= 0.6 is 0 Å². The van der Waals surface area contributed by atoms with Gasteiger partial charge in [-0.15, -0.1) is 0 Å². The standard InChI is InChI=1S/C17H21NO3S/c1-14-6-5-9-16(10-14)13-22(20,21)18-17(12-19)11-15-7-3-2-4-8-15/h2-10,17-19H,11-13H2,1H3. The molecule has 2 aromatic rings. The van der Waals surface area contributed by atoms with E-state index in [1.165, 1.54) is 0 Å². The van der Waals surface area contributed by atoms with Gasteiger partial charge in [0.1, 0.15) is 0 Å². The molecule has 1 unspecified atom stereocenters. The van der Waals surface area contributed by atoms with E-state index >= 15 is 0 Å². The SMILES string of the molecule is Cc1cccc(CS(=O)(=O)NC(CO)Cc2ccccc2)c1. The lowest BCUT2D eigenvalue weighted by molar-refractivity contribution is 0.256. The highest BCUT2D eigenvalue weighted by Crippen LogP contribution is 2.09. The summed E-state index contributed by atoms with van der Waals surface area (Å²) in [5, 5.41) is 9.43. The molecule has 2 N–H and O–H groups in total. The molecule has 4 nitrogen and oxygen atoms in total. The molecule has 2 aromatic carbocycles. The number of nitrogens with one attached hydrogen (secondary N) is 1. The Hall–Kier alpha value is -1.69. The number of aliphatic hydroxyl groups is 1. The van der Waals surface area contributed by atoms with Gasteiger partial charge in [-0.3, -0.25) is 0 Å². The van der Waals surface area contributed by atoms with Gasteiger partial charge < -0.3 is 5.11 Å². The summed E-state index contributed by atoms with van der Waals surface area (Å²) in [6.45, 7) is 1.69. The molecule has 118 valence electrons. The fourth-order valence-corrected chi connectivity index (χ4v) is 3.73. The summed E-state index contributed by atoms with van der Waals surface area (Å²) in [5.41, 5.74) is 2.75. The zero-order valence-electron chi connectivity index (χ0n) is 12.6. The van der Waals surface area contributed by atoms with Crippen LogP contribution in [-0.4, -0.2) is 26.2 Å². The van der Waals surface area contributed by atoms with Crippen molar-refractivity contribution in [3.8, 4) is 0 Å². The van der Waals surface area contributed by atoms with Gasteiger partial charge in [0.05, 0.1) is 12.4 Å². The largest absolute Gasteiger partial charge is 0.395 e. The lowest BCUT2D eigenvalue weighted by atomic mass is 10.1. The molecule has 0 aromatic heterocycles. The molecule has 0 aliphatic rings. The zero-order valence-corrected chi connectivity index (χ0v) is 13.4. The van der Waals surface area contributed by atoms with Crippen molar-refractivity contribution in [1.82, 2.24) is 4.72 Å². The molecule has 5 heteroatoms. The normalized spacial score (nSPS) is 13.0. The summed E-state index contributed by atoms with van der Waals surface area (Å²) in [6.07, 6.45) is 0.463. The molecular weight excluding hydrogens is 298 g/mol. The van der Waals surface area contributed by atoms with Crippen LogP contribution in [0.2, 0.25) is 0 Å². The Labute approximate surface area is 131 Å². The van der Waals surface area contributed by atoms with Gasteiger partial charge in [0.2, 0.25) is 10.0 Å². The molecule has 22 heavy (non-hydrogen) atoms. The number of sulfonamides is 1. The Balaban J connectivity index is 2.02. The number of aryl methyl sites for hydroxylation is 1. The summed E-state index contributed by atoms with van der Waals surface area (Å²) in [6, 6.07) is 16.4. The van der Waals surface area contributed by atoms with Gasteiger partial charge in [0.15, 0.2) is 0 Å². The molecule has 0 radical (unpaired) electrons. The number of benzene rings is 2. The minimum Gasteiger partial charge on any atom is -0.395 e. The third kappa shape index (κ3) is 5.26. The van der Waals surface area contributed by atoms with E-state index in [4.69, 9.17) is 0 Å². The van der Waals surface area contributed by atoms with Gasteiger partial charge in [-0.25, -0.2) is 13.1 Å². The molecule has 0 saturated carbocycles. The number of hydrogen-bond donors (Lipinski definition) is 2. The first-order valence-corrected chi connectivity index (χ1v) is 8.84. The second kappa shape index (κ2) is 7.54. The van der Waals surface area contributed by atoms with Crippen molar-refractivity contribution in [2.75, 3.05) is 6.61 Å². The van der Waals surface area contributed by atoms with E-state index < -0.39 is 16.1 Å². The van der Waals surface area contributed by atoms with Crippen LogP contribution < -0.4 is 4.72 Å². The molecule has 0 aliphatic heterocycles. The van der Waals surface area contributed by atoms with E-state index in [0.29, 0.717) is 6.42 Å². The summed E-state index contributed by atoms with van der Waals surface area (Å²) < 4.78 is 27.1. The molecule has 2 rings (SSSR count). The van der Waals surface area contributed by atoms with E-state index in [0.717, 1.165) is 16.7 Å². The maximum Gasteiger partial charge on any atom is 0.216 e. The third-order valence-electron chi connectivity index (χ3n) is 3.33. The van der Waals surface area contributed by atoms with Gasteiger partial charge in [-0.1, -0.05) is 60.2 Å². The van der Waals surface area contributed by atoms with Crippen LogP contribution in [0.3, 0.4) is 0 Å². The lowest BCUT2D eigenvalue weighted by Crippen LogP contribution is -2.39. The van der Waals surface area contributed by atoms with Crippen LogP contribution in [0.4, 0.5) is 0 Å². The molecular formula is C17H21NO3S. The number of hydrogen-bond acceptors (Lipinski definition) is 3. The average Bonchev–Trinajstić information content (AvgIpc) is 2.47. The second-order valence-electron chi connectivity index (χ2n) is 5.44. The molecule has 0 amide bonds. The van der Waals surface area contributed by atoms with E-state index in [1.807, 2.05) is 55.5 Å². The van der Waals surface area contributed by atoms with Crippen molar-refractivity contribution in [1.29, 1.82) is 0 Å². The predicted molar refractivity (Wildman–Crippen MR) is 88.0 cm³/mol. The van der Waals surface area contributed by atoms with Gasteiger partial charge in [-0.05, 0) is 24.5 Å². The maximum absolute atomic E-state index is 12.2. The molecule has 0 aliphatic carbocycles. The smallest absolute Gasteiger partial charge is 0.216 e. The fraction of sp³-hybridized carbons (Fsp3) is 0.294. The lowest BCUT2D eigenvalue weighted by Gasteiger charge is -2.16. The van der Waals surface area contributed by atoms with Crippen LogP contribution in [0.15, 0.2) is 54.6 Å². The summed E-state index contributed by atoms with van der Waals surface area (Å²) in [5.74, 6) is -0.0834. The van der Waals surface area contributed by atoms with Gasteiger partial charge in [-0.2, -0.15) is 0 Å². The summed E-state index contributed by atoms with van der Waals surface area (Å²) in [4.78, 5) is 0. The van der Waals surface area contributed by atoms with Crippen molar-refractivity contribution in [2.24, 2.45) is 0 Å². The van der Waals surface area contributed by atoms with Crippen LogP contribution in [0.25, 0.3) is 0 Å². The first kappa shape index (κ1) is 16.7. The molecule has 0 spiro atoms. The second-order valence-corrected chi connectivity index (χ2v) is 7.19. The van der Waals surface area contributed by atoms with E-state index in [-0.39, 0.29) is 12.4 Å². The third-order valence-corrected chi connectivity index (χ3v) is 4.74. The summed E-state index contributed by atoms with van der Waals surface area (Å²) >= 11 is 0. The summed E-state index contributed by atoms with van der Waals surface area (Å²) in [7, 11) is -3.49. The Kier molecular flexibility index (Phi) is 5.71. The van der Waals surface area contributed by atoms with E-state index in [9.17, 15) is 13.5 Å². The van der Waals surface area contributed by atoms with Crippen molar-refractivity contribution in [3.05, 3.63) is 71.3 Å². The van der Waals surface area contributed by atoms with Crippen molar-refractivity contribution in [2.45, 2.75) is 25.1 Å². The molecule has 0 saturated heterocycles. The van der Waals surface area contributed by atoms with Crippen LogP contribution in [0.1, 0.15) is 16.7 Å². The molecule has 0 bridgehead atoms. The highest BCUT2D eigenvalue weighted by molar-refractivity contribution is 7.88. The van der Waals surface area contributed by atoms with Crippen molar-refractivity contribution < 1.29 is 13.5 Å². The van der Waals surface area contributed by atoms with Crippen molar-refractivity contribution in [3.63, 3.8) is 0 Å². The van der Waals surface area contributed by atoms with Gasteiger partial charge in [0.25, 0.3) is 0 Å². The Bertz CT molecular complexity index is 699. The Morgan fingerprint density at radius 2 is 1.73 bits per heavy atom. The topological polar surface area (TPSA) is 66.4 Å². The quantitative estimate of drug-likeness (QED) is 0.820. The zero-order chi connectivity index (χ0) is 16.0. The van der Waals surface area contributed by atoms with Crippen LogP contribution in [0, 0.1) is 6.92 Å². The Morgan fingerprint density at radius 3 is 2.36 bits per heavy atom. The first-order chi connectivity index (χ1) is 10.5. The molecule has 0 heterocycles. The monoisotopic (exact) mass is 319 g/mol. The number of rotatable bonds is 7. The van der Waals surface area contributed by atoms with Crippen molar-refractivity contribution >= 4 is 10.0 Å². The maximum atomic E-state index is 12.2. The van der Waals surface area contributed by atoms with Gasteiger partial charge >= 0.3 is 0 Å². The fourth-order valence-electron chi connectivity index (χ4n) is 2.36. The van der Waals surface area contributed by atoms with Crippen LogP contribution in [0.5, 0.6) is 0 Å². The minimum atomic E-state index is -3.49. The molecule has 0 fully saturated rings. The average molecular weight is 319 g/mol. The van der Waals surface area contributed by atoms with Gasteiger partial charge in [0, 0.05) is 6.04 Å². The highest BCUT2D eigenvalue weighted by Gasteiger charge is 2.18. The predicted octanol–water partition coefficient (Wildman–Crippen LogP) is 2.02. The first-order valence-electron chi connectivity index (χ1n) is 7.19.